The van der Waals surface area contributed by atoms with E-state index < -0.39 is 23.2 Å². The summed E-state index contributed by atoms with van der Waals surface area (Å²) in [5.41, 5.74) is 1.69. The van der Waals surface area contributed by atoms with Gasteiger partial charge in [0.1, 0.15) is 12.4 Å². The fraction of sp³-hybridized carbons (Fsp3) is 0.353. The molecule has 122 valence electrons. The van der Waals surface area contributed by atoms with Gasteiger partial charge in [-0.2, -0.15) is 0 Å². The first-order valence-corrected chi connectivity index (χ1v) is 7.57. The highest BCUT2D eigenvalue weighted by Crippen LogP contribution is 2.28. The lowest BCUT2D eigenvalue weighted by molar-refractivity contribution is 0.269. The second-order valence-corrected chi connectivity index (χ2v) is 5.56. The van der Waals surface area contributed by atoms with E-state index in [1.807, 2.05) is 6.07 Å². The summed E-state index contributed by atoms with van der Waals surface area (Å²) in [5.74, 6) is -3.32. The summed E-state index contributed by atoms with van der Waals surface area (Å²) < 4.78 is 45.5. The molecular weight excluding hydrogens is 305 g/mol. The maximum absolute atomic E-state index is 13.6. The zero-order chi connectivity index (χ0) is 16.2. The first-order chi connectivity index (χ1) is 11.1. The Balaban J connectivity index is 1.79. The molecule has 0 radical (unpaired) electrons. The minimum absolute atomic E-state index is 0.00737. The van der Waals surface area contributed by atoms with Crippen LogP contribution in [-0.4, -0.2) is 18.1 Å². The van der Waals surface area contributed by atoms with Crippen molar-refractivity contribution in [3.63, 3.8) is 0 Å². The summed E-state index contributed by atoms with van der Waals surface area (Å²) in [4.78, 5) is 4.42. The monoisotopic (exact) mass is 322 g/mol. The van der Waals surface area contributed by atoms with Gasteiger partial charge in [-0.25, -0.2) is 13.2 Å². The second kappa shape index (κ2) is 7.00. The third-order valence-electron chi connectivity index (χ3n) is 3.99. The first kappa shape index (κ1) is 15.8. The van der Waals surface area contributed by atoms with Crippen LogP contribution < -0.4 is 10.1 Å². The third-order valence-corrected chi connectivity index (χ3v) is 3.99. The number of hydrogen-bond acceptors (Lipinski definition) is 3. The number of rotatable bonds is 4. The zero-order valence-electron chi connectivity index (χ0n) is 12.5. The molecule has 0 spiro atoms. The molecule has 23 heavy (non-hydrogen) atoms. The van der Waals surface area contributed by atoms with Gasteiger partial charge in [0.25, 0.3) is 0 Å². The van der Waals surface area contributed by atoms with E-state index >= 15 is 0 Å². The largest absolute Gasteiger partial charge is 0.483 e. The van der Waals surface area contributed by atoms with Gasteiger partial charge < -0.3 is 10.1 Å². The number of benzene rings is 1. The van der Waals surface area contributed by atoms with E-state index in [0.29, 0.717) is 18.1 Å². The molecule has 1 aliphatic heterocycles. The molecule has 0 amide bonds. The molecule has 0 unspecified atom stereocenters. The average molecular weight is 322 g/mol. The van der Waals surface area contributed by atoms with Crippen molar-refractivity contribution in [3.05, 3.63) is 59.2 Å². The van der Waals surface area contributed by atoms with E-state index in [-0.39, 0.29) is 6.61 Å². The minimum Gasteiger partial charge on any atom is -0.483 e. The number of halogens is 3. The van der Waals surface area contributed by atoms with Crippen LogP contribution >= 0.6 is 0 Å². The molecule has 1 aromatic carbocycles. The summed E-state index contributed by atoms with van der Waals surface area (Å²) in [6.07, 6.45) is 3.63. The van der Waals surface area contributed by atoms with Crippen molar-refractivity contribution in [3.8, 4) is 5.75 Å². The van der Waals surface area contributed by atoms with Gasteiger partial charge in [-0.1, -0.05) is 6.07 Å². The van der Waals surface area contributed by atoms with Gasteiger partial charge in [-0.05, 0) is 32.0 Å². The lowest BCUT2D eigenvalue weighted by atomic mass is 9.91. The Hall–Kier alpha value is -2.08. The fourth-order valence-corrected chi connectivity index (χ4v) is 2.85. The maximum Gasteiger partial charge on any atom is 0.191 e. The van der Waals surface area contributed by atoms with E-state index in [4.69, 9.17) is 4.74 Å². The standard InChI is InChI=1S/C17H17F3N2O/c18-13-8-14(19)17(15(20)9-13)23-10-12-2-1-5-22-16(12)11-3-6-21-7-4-11/h1-2,5,8-9,11,21H,3-4,6-7,10H2. The molecule has 2 aromatic rings. The van der Waals surface area contributed by atoms with E-state index in [0.717, 1.165) is 37.2 Å². The quantitative estimate of drug-likeness (QED) is 0.935. The average Bonchev–Trinajstić information content (AvgIpc) is 2.55. The summed E-state index contributed by atoms with van der Waals surface area (Å²) in [5, 5.41) is 3.29. The van der Waals surface area contributed by atoms with Gasteiger partial charge in [0.2, 0.25) is 0 Å². The Morgan fingerprint density at radius 3 is 2.52 bits per heavy atom. The first-order valence-electron chi connectivity index (χ1n) is 7.57. The predicted molar refractivity (Wildman–Crippen MR) is 79.7 cm³/mol. The van der Waals surface area contributed by atoms with Gasteiger partial charge in [0.15, 0.2) is 17.4 Å². The van der Waals surface area contributed by atoms with Gasteiger partial charge >= 0.3 is 0 Å². The van der Waals surface area contributed by atoms with Crippen LogP contribution in [0.3, 0.4) is 0 Å². The van der Waals surface area contributed by atoms with Crippen LogP contribution in [-0.2, 0) is 6.61 Å². The smallest absolute Gasteiger partial charge is 0.191 e. The topological polar surface area (TPSA) is 34.1 Å². The van der Waals surface area contributed by atoms with Crippen LogP contribution in [0.15, 0.2) is 30.5 Å². The number of nitrogens with zero attached hydrogens (tertiary/aromatic N) is 1. The molecule has 1 aromatic heterocycles. The van der Waals surface area contributed by atoms with Crippen LogP contribution in [0.25, 0.3) is 0 Å². The summed E-state index contributed by atoms with van der Waals surface area (Å²) in [6, 6.07) is 4.81. The van der Waals surface area contributed by atoms with E-state index in [1.165, 1.54) is 0 Å². The van der Waals surface area contributed by atoms with Crippen molar-refractivity contribution in [2.24, 2.45) is 0 Å². The summed E-state index contributed by atoms with van der Waals surface area (Å²) in [7, 11) is 0. The zero-order valence-corrected chi connectivity index (χ0v) is 12.5. The third kappa shape index (κ3) is 3.64. The highest BCUT2D eigenvalue weighted by Gasteiger charge is 2.20. The van der Waals surface area contributed by atoms with Crippen molar-refractivity contribution < 1.29 is 17.9 Å². The number of ether oxygens (including phenoxy) is 1. The van der Waals surface area contributed by atoms with Crippen LogP contribution in [0.5, 0.6) is 5.75 Å². The van der Waals surface area contributed by atoms with Crippen molar-refractivity contribution >= 4 is 0 Å². The lowest BCUT2D eigenvalue weighted by Gasteiger charge is -2.24. The Labute approximate surface area is 132 Å². The summed E-state index contributed by atoms with van der Waals surface area (Å²) >= 11 is 0. The molecule has 0 atom stereocenters. The highest BCUT2D eigenvalue weighted by molar-refractivity contribution is 5.29. The molecule has 3 rings (SSSR count). The number of piperidine rings is 1. The van der Waals surface area contributed by atoms with Crippen molar-refractivity contribution in [2.75, 3.05) is 13.1 Å². The molecule has 1 saturated heterocycles. The van der Waals surface area contributed by atoms with Gasteiger partial charge in [0, 0.05) is 29.8 Å². The molecule has 1 N–H and O–H groups in total. The SMILES string of the molecule is Fc1cc(F)c(OCc2cccnc2C2CCNCC2)c(F)c1. The van der Waals surface area contributed by atoms with Crippen LogP contribution in [0, 0.1) is 17.5 Å². The minimum atomic E-state index is -1.05. The number of nitrogens with one attached hydrogen (secondary N) is 1. The Morgan fingerprint density at radius 1 is 1.13 bits per heavy atom. The normalized spacial score (nSPS) is 15.6. The molecule has 3 nitrogen and oxygen atoms in total. The number of pyridine rings is 1. The van der Waals surface area contributed by atoms with Crippen molar-refractivity contribution in [1.82, 2.24) is 10.3 Å². The van der Waals surface area contributed by atoms with Crippen molar-refractivity contribution in [1.29, 1.82) is 0 Å². The highest BCUT2D eigenvalue weighted by atomic mass is 19.1. The van der Waals surface area contributed by atoms with E-state index in [1.54, 1.807) is 12.3 Å². The molecule has 0 bridgehead atoms. The number of hydrogen-bond donors (Lipinski definition) is 1. The Morgan fingerprint density at radius 2 is 1.83 bits per heavy atom. The maximum atomic E-state index is 13.6. The molecule has 2 heterocycles. The molecule has 6 heteroatoms. The van der Waals surface area contributed by atoms with Gasteiger partial charge in [0.05, 0.1) is 5.69 Å². The summed E-state index contributed by atoms with van der Waals surface area (Å²) in [6.45, 7) is 1.83. The molecule has 1 fully saturated rings. The fourth-order valence-electron chi connectivity index (χ4n) is 2.85. The molecular formula is C17H17F3N2O. The van der Waals surface area contributed by atoms with E-state index in [2.05, 4.69) is 10.3 Å². The molecule has 0 aliphatic carbocycles. The molecule has 1 aliphatic rings. The number of aromatic nitrogens is 1. The van der Waals surface area contributed by atoms with Gasteiger partial charge in [-0.15, -0.1) is 0 Å². The second-order valence-electron chi connectivity index (χ2n) is 5.56. The predicted octanol–water partition coefficient (Wildman–Crippen LogP) is 3.54. The Bertz CT molecular complexity index is 664. The van der Waals surface area contributed by atoms with Crippen molar-refractivity contribution in [2.45, 2.75) is 25.4 Å². The Kier molecular flexibility index (Phi) is 4.81. The molecule has 0 saturated carbocycles. The van der Waals surface area contributed by atoms with Crippen LogP contribution in [0.2, 0.25) is 0 Å². The van der Waals surface area contributed by atoms with Crippen LogP contribution in [0.4, 0.5) is 13.2 Å². The van der Waals surface area contributed by atoms with Gasteiger partial charge in [-0.3, -0.25) is 4.98 Å². The van der Waals surface area contributed by atoms with Crippen LogP contribution in [0.1, 0.15) is 30.0 Å². The van der Waals surface area contributed by atoms with E-state index in [9.17, 15) is 13.2 Å². The lowest BCUT2D eigenvalue weighted by Crippen LogP contribution is -2.27.